The van der Waals surface area contributed by atoms with Crippen molar-refractivity contribution in [2.45, 2.75) is 32.5 Å². The number of hydrogen-bond acceptors (Lipinski definition) is 5. The average Bonchev–Trinajstić information content (AvgIpc) is 3.32. The van der Waals surface area contributed by atoms with Crippen LogP contribution in [0, 0.1) is 5.82 Å². The molecular weight excluding hydrogens is 353 g/mol. The third-order valence-electron chi connectivity index (χ3n) is 4.50. The smallest absolute Gasteiger partial charge is 0.223 e. The van der Waals surface area contributed by atoms with Gasteiger partial charge in [0.2, 0.25) is 5.91 Å². The van der Waals surface area contributed by atoms with E-state index in [9.17, 15) is 9.18 Å². The largest absolute Gasteiger partial charge is 0.375 e. The first kappa shape index (κ1) is 16.7. The van der Waals surface area contributed by atoms with E-state index in [-0.39, 0.29) is 11.7 Å². The van der Waals surface area contributed by atoms with Crippen molar-refractivity contribution in [1.29, 1.82) is 0 Å². The van der Waals surface area contributed by atoms with E-state index in [0.717, 1.165) is 22.5 Å². The number of carbonyl (C=O) groups is 1. The molecule has 0 bridgehead atoms. The van der Waals surface area contributed by atoms with E-state index in [1.807, 2.05) is 21.2 Å². The van der Waals surface area contributed by atoms with Gasteiger partial charge in [-0.25, -0.2) is 9.37 Å². The number of nitrogens with zero attached hydrogens (tertiary/aromatic N) is 4. The van der Waals surface area contributed by atoms with E-state index in [1.165, 1.54) is 23.5 Å². The van der Waals surface area contributed by atoms with E-state index in [4.69, 9.17) is 5.73 Å². The first-order chi connectivity index (χ1) is 12.6. The number of amides is 1. The minimum atomic E-state index is -0.252. The van der Waals surface area contributed by atoms with Gasteiger partial charge in [0.1, 0.15) is 5.82 Å². The molecule has 0 radical (unpaired) electrons. The number of rotatable bonds is 5. The summed E-state index contributed by atoms with van der Waals surface area (Å²) in [5.74, 6) is -0.154. The van der Waals surface area contributed by atoms with Crippen molar-refractivity contribution in [2.24, 2.45) is 0 Å². The topological polar surface area (TPSA) is 77.0 Å². The Kier molecular flexibility index (Phi) is 4.42. The van der Waals surface area contributed by atoms with Gasteiger partial charge < -0.3 is 10.6 Å². The molecule has 8 heteroatoms. The first-order valence-electron chi connectivity index (χ1n) is 8.34. The van der Waals surface area contributed by atoms with Crippen LogP contribution in [0.1, 0.15) is 28.9 Å². The summed E-state index contributed by atoms with van der Waals surface area (Å²) in [4.78, 5) is 18.5. The number of anilines is 1. The highest BCUT2D eigenvalue weighted by molar-refractivity contribution is 7.13. The van der Waals surface area contributed by atoms with Crippen LogP contribution < -0.4 is 5.73 Å². The van der Waals surface area contributed by atoms with Gasteiger partial charge in [-0.15, -0.1) is 11.3 Å². The third-order valence-corrected chi connectivity index (χ3v) is 5.22. The van der Waals surface area contributed by atoms with Gasteiger partial charge in [-0.1, -0.05) is 12.1 Å². The number of aromatic nitrogens is 3. The molecule has 0 saturated heterocycles. The van der Waals surface area contributed by atoms with Gasteiger partial charge in [-0.05, 0) is 24.1 Å². The molecule has 4 rings (SSSR count). The summed E-state index contributed by atoms with van der Waals surface area (Å²) in [7, 11) is 0. The Morgan fingerprint density at radius 2 is 2.08 bits per heavy atom. The van der Waals surface area contributed by atoms with Crippen LogP contribution in [0.2, 0.25) is 0 Å². The summed E-state index contributed by atoms with van der Waals surface area (Å²) in [6.45, 7) is 1.70. The monoisotopic (exact) mass is 371 g/mol. The zero-order valence-corrected chi connectivity index (χ0v) is 14.9. The van der Waals surface area contributed by atoms with Gasteiger partial charge in [0.05, 0.1) is 30.7 Å². The minimum absolute atomic E-state index is 0.0982. The van der Waals surface area contributed by atoms with E-state index in [2.05, 4.69) is 10.1 Å². The molecule has 3 heterocycles. The number of halogens is 1. The molecule has 1 aromatic carbocycles. The molecule has 1 aliphatic heterocycles. The van der Waals surface area contributed by atoms with Crippen LogP contribution in [-0.4, -0.2) is 25.6 Å². The maximum atomic E-state index is 13.0. The molecule has 6 nitrogen and oxygen atoms in total. The summed E-state index contributed by atoms with van der Waals surface area (Å²) < 4.78 is 14.9. The fourth-order valence-electron chi connectivity index (χ4n) is 3.11. The SMILES string of the molecule is Nc1nc(CCC(=O)N2Cc3cnn(Cc4ccc(F)cc4)c3C2)cs1. The first-order valence-corrected chi connectivity index (χ1v) is 9.22. The normalized spacial score (nSPS) is 13.2. The van der Waals surface area contributed by atoms with Crippen LogP contribution in [0.15, 0.2) is 35.8 Å². The van der Waals surface area contributed by atoms with Gasteiger partial charge >= 0.3 is 0 Å². The minimum Gasteiger partial charge on any atom is -0.375 e. The van der Waals surface area contributed by atoms with E-state index in [0.29, 0.717) is 37.6 Å². The lowest BCUT2D eigenvalue weighted by Crippen LogP contribution is -2.26. The number of hydrogen-bond donors (Lipinski definition) is 1. The summed E-state index contributed by atoms with van der Waals surface area (Å²) in [5, 5.41) is 6.83. The Balaban J connectivity index is 1.38. The third kappa shape index (κ3) is 3.45. The van der Waals surface area contributed by atoms with Crippen molar-refractivity contribution in [3.63, 3.8) is 0 Å². The highest BCUT2D eigenvalue weighted by atomic mass is 32.1. The standard InChI is InChI=1S/C18H18FN5OS/c19-14-3-1-12(2-4-14)8-24-16-10-23(9-13(16)7-21-24)17(25)6-5-15-11-26-18(20)22-15/h1-4,7,11H,5-6,8-10H2,(H2,20,22). The molecule has 0 unspecified atom stereocenters. The van der Waals surface area contributed by atoms with Crippen molar-refractivity contribution in [3.05, 3.63) is 64.2 Å². The zero-order chi connectivity index (χ0) is 18.1. The Morgan fingerprint density at radius 3 is 2.81 bits per heavy atom. The van der Waals surface area contributed by atoms with E-state index < -0.39 is 0 Å². The van der Waals surface area contributed by atoms with Crippen LogP contribution in [0.5, 0.6) is 0 Å². The maximum absolute atomic E-state index is 13.0. The van der Waals surface area contributed by atoms with Crippen molar-refractivity contribution < 1.29 is 9.18 Å². The lowest BCUT2D eigenvalue weighted by atomic mass is 10.2. The molecular formula is C18H18FN5OS. The van der Waals surface area contributed by atoms with Crippen molar-refractivity contribution in [1.82, 2.24) is 19.7 Å². The Labute approximate surface area is 154 Å². The van der Waals surface area contributed by atoms with Crippen LogP contribution >= 0.6 is 11.3 Å². The van der Waals surface area contributed by atoms with Crippen molar-refractivity contribution >= 4 is 22.4 Å². The van der Waals surface area contributed by atoms with Gasteiger partial charge in [0, 0.05) is 23.9 Å². The molecule has 0 fully saturated rings. The molecule has 26 heavy (non-hydrogen) atoms. The highest BCUT2D eigenvalue weighted by Crippen LogP contribution is 2.24. The number of benzene rings is 1. The fraction of sp³-hybridized carbons (Fsp3) is 0.278. The second-order valence-electron chi connectivity index (χ2n) is 6.33. The van der Waals surface area contributed by atoms with Crippen LogP contribution in [0.25, 0.3) is 0 Å². The Morgan fingerprint density at radius 1 is 1.27 bits per heavy atom. The highest BCUT2D eigenvalue weighted by Gasteiger charge is 2.27. The predicted octanol–water partition coefficient (Wildman–Crippen LogP) is 2.58. The van der Waals surface area contributed by atoms with Crippen LogP contribution in [0.3, 0.4) is 0 Å². The number of fused-ring (bicyclic) bond motifs is 1. The number of nitrogen functional groups attached to an aromatic ring is 1. The summed E-state index contributed by atoms with van der Waals surface area (Å²) >= 11 is 1.39. The van der Waals surface area contributed by atoms with Crippen molar-refractivity contribution in [3.8, 4) is 0 Å². The molecule has 0 spiro atoms. The second kappa shape index (κ2) is 6.87. The maximum Gasteiger partial charge on any atom is 0.223 e. The quantitative estimate of drug-likeness (QED) is 0.748. The molecule has 1 aliphatic rings. The number of aryl methyl sites for hydroxylation is 1. The van der Waals surface area contributed by atoms with Gasteiger partial charge in [-0.2, -0.15) is 5.10 Å². The number of nitrogens with two attached hydrogens (primary N) is 1. The van der Waals surface area contributed by atoms with Gasteiger partial charge in [0.15, 0.2) is 5.13 Å². The van der Waals surface area contributed by atoms with E-state index in [1.54, 1.807) is 12.1 Å². The number of thiazole rings is 1. The molecule has 2 aromatic heterocycles. The zero-order valence-electron chi connectivity index (χ0n) is 14.1. The van der Waals surface area contributed by atoms with E-state index >= 15 is 0 Å². The molecule has 2 N–H and O–H groups in total. The molecule has 1 amide bonds. The van der Waals surface area contributed by atoms with Crippen LogP contribution in [-0.2, 0) is 30.8 Å². The summed E-state index contributed by atoms with van der Waals surface area (Å²) in [5.41, 5.74) is 9.57. The average molecular weight is 371 g/mol. The molecule has 0 aliphatic carbocycles. The summed E-state index contributed by atoms with van der Waals surface area (Å²) in [6, 6.07) is 6.39. The molecule has 0 saturated carbocycles. The Bertz CT molecular complexity index is 933. The van der Waals surface area contributed by atoms with Crippen molar-refractivity contribution in [2.75, 3.05) is 5.73 Å². The second-order valence-corrected chi connectivity index (χ2v) is 7.22. The Hall–Kier alpha value is -2.74. The molecule has 134 valence electrons. The summed E-state index contributed by atoms with van der Waals surface area (Å²) in [6.07, 6.45) is 2.83. The molecule has 3 aromatic rings. The lowest BCUT2D eigenvalue weighted by molar-refractivity contribution is -0.131. The van der Waals surface area contributed by atoms with Gasteiger partial charge in [-0.3, -0.25) is 9.48 Å². The lowest BCUT2D eigenvalue weighted by Gasteiger charge is -2.16. The van der Waals surface area contributed by atoms with Crippen LogP contribution in [0.4, 0.5) is 9.52 Å². The van der Waals surface area contributed by atoms with Gasteiger partial charge in [0.25, 0.3) is 0 Å². The predicted molar refractivity (Wildman–Crippen MR) is 96.8 cm³/mol. The fourth-order valence-corrected chi connectivity index (χ4v) is 3.71. The number of carbonyl (C=O) groups excluding carboxylic acids is 1. The molecule has 0 atom stereocenters.